The summed E-state index contributed by atoms with van der Waals surface area (Å²) in [6, 6.07) is 19.3. The number of carbonyl (C=O) groups is 2. The molecule has 0 aliphatic heterocycles. The van der Waals surface area contributed by atoms with Gasteiger partial charge in [0.1, 0.15) is 6.04 Å². The number of rotatable bonds is 13. The number of sulfonamides is 1. The lowest BCUT2D eigenvalue weighted by molar-refractivity contribution is -0.141. The highest BCUT2D eigenvalue weighted by Gasteiger charge is 2.31. The van der Waals surface area contributed by atoms with Crippen molar-refractivity contribution in [3.05, 3.63) is 99.0 Å². The lowest BCUT2D eigenvalue weighted by Gasteiger charge is -2.32. The largest absolute Gasteiger partial charge is 0.355 e. The highest BCUT2D eigenvalue weighted by atomic mass is 35.5. The van der Waals surface area contributed by atoms with E-state index < -0.39 is 16.1 Å². The molecule has 0 aliphatic rings. The molecule has 41 heavy (non-hydrogen) atoms. The van der Waals surface area contributed by atoms with E-state index >= 15 is 0 Å². The van der Waals surface area contributed by atoms with Crippen LogP contribution in [-0.4, -0.2) is 50.5 Å². The average molecular weight is 619 g/mol. The van der Waals surface area contributed by atoms with Crippen LogP contribution in [0, 0.1) is 13.8 Å². The minimum absolute atomic E-state index is 0.0175. The van der Waals surface area contributed by atoms with E-state index in [1.165, 1.54) is 9.21 Å². The Kier molecular flexibility index (Phi) is 11.6. The zero-order valence-electron chi connectivity index (χ0n) is 23.9. The molecule has 1 atom stereocenters. The predicted octanol–water partition coefficient (Wildman–Crippen LogP) is 5.93. The maximum Gasteiger partial charge on any atom is 0.243 e. The number of nitrogens with zero attached hydrogens (tertiary/aromatic N) is 2. The highest BCUT2D eigenvalue weighted by Crippen LogP contribution is 2.28. The molecule has 0 bridgehead atoms. The van der Waals surface area contributed by atoms with Gasteiger partial charge in [-0.1, -0.05) is 71.7 Å². The summed E-state index contributed by atoms with van der Waals surface area (Å²) in [5.74, 6) is -0.594. The van der Waals surface area contributed by atoms with E-state index in [2.05, 4.69) is 5.32 Å². The number of hydrogen-bond donors (Lipinski definition) is 1. The fourth-order valence-corrected chi connectivity index (χ4v) is 6.22. The maximum absolute atomic E-state index is 13.9. The van der Waals surface area contributed by atoms with Gasteiger partial charge in [-0.15, -0.1) is 0 Å². The molecule has 3 rings (SSSR count). The summed E-state index contributed by atoms with van der Waals surface area (Å²) in [6.45, 7) is 6.16. The van der Waals surface area contributed by atoms with Crippen LogP contribution in [0.2, 0.25) is 10.0 Å². The molecule has 220 valence electrons. The van der Waals surface area contributed by atoms with Gasteiger partial charge in [-0.2, -0.15) is 0 Å². The van der Waals surface area contributed by atoms with Crippen molar-refractivity contribution in [1.82, 2.24) is 10.2 Å². The van der Waals surface area contributed by atoms with E-state index in [0.717, 1.165) is 22.9 Å². The van der Waals surface area contributed by atoms with E-state index in [0.29, 0.717) is 34.3 Å². The molecular formula is C31H37Cl2N3O4S. The van der Waals surface area contributed by atoms with Crippen molar-refractivity contribution in [2.75, 3.05) is 23.7 Å². The maximum atomic E-state index is 13.9. The van der Waals surface area contributed by atoms with Gasteiger partial charge < -0.3 is 10.2 Å². The Morgan fingerprint density at radius 3 is 2.17 bits per heavy atom. The van der Waals surface area contributed by atoms with Crippen molar-refractivity contribution in [3.8, 4) is 0 Å². The van der Waals surface area contributed by atoms with Crippen LogP contribution in [-0.2, 0) is 32.6 Å². The van der Waals surface area contributed by atoms with Crippen molar-refractivity contribution in [2.24, 2.45) is 0 Å². The molecule has 1 N–H and O–H groups in total. The van der Waals surface area contributed by atoms with E-state index in [1.807, 2.05) is 63.2 Å². The molecule has 0 fully saturated rings. The molecule has 0 spiro atoms. The van der Waals surface area contributed by atoms with Gasteiger partial charge in [0.2, 0.25) is 21.8 Å². The van der Waals surface area contributed by atoms with Gasteiger partial charge >= 0.3 is 0 Å². The van der Waals surface area contributed by atoms with Crippen molar-refractivity contribution in [1.29, 1.82) is 0 Å². The topological polar surface area (TPSA) is 86.8 Å². The van der Waals surface area contributed by atoms with Crippen molar-refractivity contribution in [2.45, 2.75) is 52.6 Å². The van der Waals surface area contributed by atoms with Gasteiger partial charge in [0.25, 0.3) is 0 Å². The summed E-state index contributed by atoms with van der Waals surface area (Å²) in [5, 5.41) is 3.64. The molecule has 1 unspecified atom stereocenters. The minimum atomic E-state index is -3.60. The van der Waals surface area contributed by atoms with Crippen LogP contribution in [0.3, 0.4) is 0 Å². The van der Waals surface area contributed by atoms with Gasteiger partial charge in [0.15, 0.2) is 0 Å². The Balaban J connectivity index is 1.92. The predicted molar refractivity (Wildman–Crippen MR) is 167 cm³/mol. The zero-order chi connectivity index (χ0) is 30.2. The Morgan fingerprint density at radius 1 is 0.927 bits per heavy atom. The first-order chi connectivity index (χ1) is 19.4. The molecule has 3 aromatic carbocycles. The molecule has 10 heteroatoms. The number of anilines is 1. The fraction of sp³-hybridized carbons (Fsp3) is 0.355. The summed E-state index contributed by atoms with van der Waals surface area (Å²) < 4.78 is 26.8. The van der Waals surface area contributed by atoms with E-state index in [1.54, 1.807) is 24.3 Å². The molecular weight excluding hydrogens is 581 g/mol. The minimum Gasteiger partial charge on any atom is -0.355 e. The molecule has 0 aromatic heterocycles. The summed E-state index contributed by atoms with van der Waals surface area (Å²) in [4.78, 5) is 28.8. The number of amides is 2. The Bertz CT molecular complexity index is 1450. The van der Waals surface area contributed by atoms with E-state index in [-0.39, 0.29) is 37.7 Å². The molecule has 2 amide bonds. The molecule has 0 saturated carbocycles. The number of hydrogen-bond acceptors (Lipinski definition) is 4. The van der Waals surface area contributed by atoms with E-state index in [4.69, 9.17) is 23.2 Å². The molecule has 0 aliphatic carbocycles. The monoisotopic (exact) mass is 617 g/mol. The molecule has 0 heterocycles. The van der Waals surface area contributed by atoms with Crippen molar-refractivity contribution in [3.63, 3.8) is 0 Å². The van der Waals surface area contributed by atoms with Crippen LogP contribution >= 0.6 is 23.2 Å². The lowest BCUT2D eigenvalue weighted by Crippen LogP contribution is -2.50. The van der Waals surface area contributed by atoms with Crippen LogP contribution in [0.4, 0.5) is 5.69 Å². The van der Waals surface area contributed by atoms with Crippen molar-refractivity contribution >= 4 is 50.7 Å². The van der Waals surface area contributed by atoms with Crippen LogP contribution in [0.1, 0.15) is 42.0 Å². The SMILES string of the molecule is CCNC(=O)C(Cc1ccccc1)N(Cc1c(Cl)cccc1Cl)C(=O)CCCN(c1cccc(C)c1C)S(C)(=O)=O. The first kappa shape index (κ1) is 32.4. The first-order valence-corrected chi connectivity index (χ1v) is 16.1. The highest BCUT2D eigenvalue weighted by molar-refractivity contribution is 7.92. The quantitative estimate of drug-likeness (QED) is 0.257. The summed E-state index contributed by atoms with van der Waals surface area (Å²) >= 11 is 13.0. The van der Waals surface area contributed by atoms with Crippen LogP contribution in [0.25, 0.3) is 0 Å². The molecule has 3 aromatic rings. The second-order valence-corrected chi connectivity index (χ2v) is 12.7. The number of nitrogens with one attached hydrogen (secondary N) is 1. The third kappa shape index (κ3) is 8.71. The summed E-state index contributed by atoms with van der Waals surface area (Å²) in [7, 11) is -3.60. The summed E-state index contributed by atoms with van der Waals surface area (Å²) in [6.07, 6.45) is 1.72. The Morgan fingerprint density at radius 2 is 1.56 bits per heavy atom. The Hall–Kier alpha value is -3.07. The number of halogens is 2. The third-order valence-corrected chi connectivity index (χ3v) is 8.90. The second kappa shape index (κ2) is 14.7. The molecule has 7 nitrogen and oxygen atoms in total. The van der Waals surface area contributed by atoms with Gasteiger partial charge in [-0.25, -0.2) is 8.42 Å². The fourth-order valence-electron chi connectivity index (χ4n) is 4.69. The Labute approximate surface area is 253 Å². The second-order valence-electron chi connectivity index (χ2n) is 9.98. The zero-order valence-corrected chi connectivity index (χ0v) is 26.2. The normalized spacial score (nSPS) is 12.0. The van der Waals surface area contributed by atoms with Crippen LogP contribution < -0.4 is 9.62 Å². The van der Waals surface area contributed by atoms with Gasteiger partial charge in [-0.05, 0) is 62.1 Å². The van der Waals surface area contributed by atoms with Crippen LogP contribution in [0.5, 0.6) is 0 Å². The molecule has 0 saturated heterocycles. The third-order valence-electron chi connectivity index (χ3n) is 7.01. The summed E-state index contributed by atoms with van der Waals surface area (Å²) in [5.41, 5.74) is 3.85. The van der Waals surface area contributed by atoms with Gasteiger partial charge in [0.05, 0.1) is 11.9 Å². The van der Waals surface area contributed by atoms with E-state index in [9.17, 15) is 18.0 Å². The number of benzene rings is 3. The van der Waals surface area contributed by atoms with Gasteiger partial charge in [-0.3, -0.25) is 13.9 Å². The number of aryl methyl sites for hydroxylation is 1. The van der Waals surface area contributed by atoms with Gasteiger partial charge in [0, 0.05) is 48.1 Å². The lowest BCUT2D eigenvalue weighted by atomic mass is 10.0. The van der Waals surface area contributed by atoms with Crippen LogP contribution in [0.15, 0.2) is 66.7 Å². The smallest absolute Gasteiger partial charge is 0.243 e. The average Bonchev–Trinajstić information content (AvgIpc) is 2.92. The standard InChI is InChI=1S/C31H37Cl2N3O4S/c1-5-34-31(38)29(20-24-13-7-6-8-14-24)35(21-25-26(32)15-10-16-27(25)33)30(37)18-11-19-36(41(4,39)40)28-17-9-12-22(2)23(28)3/h6-10,12-17,29H,5,11,18-21H2,1-4H3,(H,34,38). The molecule has 0 radical (unpaired) electrons. The number of carbonyl (C=O) groups excluding carboxylic acids is 2. The van der Waals surface area contributed by atoms with Crippen molar-refractivity contribution < 1.29 is 18.0 Å². The first-order valence-electron chi connectivity index (χ1n) is 13.5. The number of likely N-dealkylation sites (N-methyl/N-ethyl adjacent to an activating group) is 1.